The van der Waals surface area contributed by atoms with Crippen LogP contribution in [-0.2, 0) is 6.98 Å². The van der Waals surface area contributed by atoms with Crippen LogP contribution in [0.1, 0.15) is 9.68 Å². The third kappa shape index (κ3) is 1.17. The van der Waals surface area contributed by atoms with Gasteiger partial charge in [-0.3, -0.25) is 4.79 Å². The molecule has 4 heteroatoms. The van der Waals surface area contributed by atoms with Crippen LogP contribution in [0.4, 0.5) is 0 Å². The van der Waals surface area contributed by atoms with Crippen LogP contribution in [-0.4, -0.2) is 11.7 Å². The van der Waals surface area contributed by atoms with Gasteiger partial charge in [-0.15, -0.1) is 0 Å². The van der Waals surface area contributed by atoms with E-state index in [1.54, 1.807) is 6.07 Å². The van der Waals surface area contributed by atoms with Gasteiger partial charge in [-0.1, -0.05) is 0 Å². The minimum atomic E-state index is -2.59. The molecule has 0 N–H and O–H groups in total. The summed E-state index contributed by atoms with van der Waals surface area (Å²) in [7, 11) is 1.30. The van der Waals surface area contributed by atoms with E-state index in [1.165, 1.54) is 13.2 Å². The summed E-state index contributed by atoms with van der Waals surface area (Å²) in [4.78, 5) is 11.5. The average molecular weight is 167 g/mol. The summed E-state index contributed by atoms with van der Waals surface area (Å²) < 4.78 is 26.5. The molecule has 62 valence electrons. The number of nitriles is 1. The highest BCUT2D eigenvalue weighted by atomic mass is 16.5. The topological polar surface area (TPSA) is 55.0 Å². The van der Waals surface area contributed by atoms with E-state index < -0.39 is 12.5 Å². The number of methoxy groups -OCH3 is 1. The van der Waals surface area contributed by atoms with Crippen molar-refractivity contribution in [2.24, 2.45) is 6.98 Å². The van der Waals surface area contributed by atoms with Crippen LogP contribution in [0.3, 0.4) is 0 Å². The number of nitrogens with zero attached hydrogens (tertiary/aromatic N) is 2. The van der Waals surface area contributed by atoms with Crippen LogP contribution in [0.15, 0.2) is 17.1 Å². The smallest absolute Gasteiger partial charge is 0.272 e. The molecule has 0 saturated carbocycles. The predicted molar refractivity (Wildman–Crippen MR) is 43.0 cm³/mol. The molecule has 0 spiro atoms. The van der Waals surface area contributed by atoms with Crippen molar-refractivity contribution >= 4 is 0 Å². The van der Waals surface area contributed by atoms with Gasteiger partial charge < -0.3 is 9.30 Å². The Bertz CT molecular complexity index is 470. The first-order valence-corrected chi connectivity index (χ1v) is 3.12. The Labute approximate surface area is 73.8 Å². The Morgan fingerprint density at radius 1 is 1.83 bits per heavy atom. The molecule has 12 heavy (non-hydrogen) atoms. The Balaban J connectivity index is 3.53. The molecule has 0 aromatic carbocycles. The van der Waals surface area contributed by atoms with E-state index in [0.717, 1.165) is 6.20 Å². The van der Waals surface area contributed by atoms with Crippen molar-refractivity contribution in [1.82, 2.24) is 4.57 Å². The number of rotatable bonds is 1. The molecule has 1 aromatic heterocycles. The molecule has 0 fully saturated rings. The third-order valence-electron chi connectivity index (χ3n) is 1.39. The summed E-state index contributed by atoms with van der Waals surface area (Å²) in [6.45, 7) is -2.59. The molecule has 1 rings (SSSR count). The summed E-state index contributed by atoms with van der Waals surface area (Å²) in [5.41, 5.74) is -1.19. The zero-order valence-electron chi connectivity index (χ0n) is 9.37. The molecule has 0 aliphatic carbocycles. The maximum absolute atomic E-state index is 11.5. The van der Waals surface area contributed by atoms with Gasteiger partial charge in [0.25, 0.3) is 5.56 Å². The predicted octanol–water partition coefficient (Wildman–Crippen LogP) is 0.266. The standard InChI is InChI=1S/C8H8N2O2/c1-10-4-3-7(12-2)6(5-9)8(10)11/h3-4H,1-2H3/i1D3. The van der Waals surface area contributed by atoms with Crippen LogP contribution in [0.25, 0.3) is 0 Å². The first-order chi connectivity index (χ1) is 6.91. The Morgan fingerprint density at radius 2 is 2.58 bits per heavy atom. The molecule has 0 saturated heterocycles. The van der Waals surface area contributed by atoms with Gasteiger partial charge in [0.2, 0.25) is 0 Å². The highest BCUT2D eigenvalue weighted by Crippen LogP contribution is 2.10. The molecular weight excluding hydrogens is 156 g/mol. The molecule has 0 bridgehead atoms. The minimum Gasteiger partial charge on any atom is -0.495 e. The molecule has 1 heterocycles. The molecule has 0 radical (unpaired) electrons. The number of pyridine rings is 1. The first kappa shape index (κ1) is 4.99. The zero-order valence-corrected chi connectivity index (χ0v) is 6.37. The van der Waals surface area contributed by atoms with Crippen LogP contribution < -0.4 is 10.3 Å². The largest absolute Gasteiger partial charge is 0.495 e. The van der Waals surface area contributed by atoms with Crippen molar-refractivity contribution in [2.75, 3.05) is 7.11 Å². The summed E-state index contributed by atoms with van der Waals surface area (Å²) >= 11 is 0. The van der Waals surface area contributed by atoms with Gasteiger partial charge in [-0.25, -0.2) is 0 Å². The van der Waals surface area contributed by atoms with Gasteiger partial charge in [0.05, 0.1) is 7.11 Å². The number of aromatic nitrogens is 1. The van der Waals surface area contributed by atoms with Crippen LogP contribution in [0.5, 0.6) is 5.75 Å². The first-order valence-electron chi connectivity index (χ1n) is 4.62. The van der Waals surface area contributed by atoms with E-state index >= 15 is 0 Å². The van der Waals surface area contributed by atoms with Crippen molar-refractivity contribution in [3.05, 3.63) is 28.2 Å². The molecule has 0 aliphatic rings. The van der Waals surface area contributed by atoms with Crippen molar-refractivity contribution < 1.29 is 8.85 Å². The number of aryl methyl sites for hydroxylation is 1. The third-order valence-corrected chi connectivity index (χ3v) is 1.39. The second-order valence-electron chi connectivity index (χ2n) is 2.05. The number of hydrogen-bond donors (Lipinski definition) is 0. The van der Waals surface area contributed by atoms with E-state index in [-0.39, 0.29) is 11.3 Å². The maximum atomic E-state index is 11.5. The van der Waals surface area contributed by atoms with E-state index in [1.807, 2.05) is 0 Å². The Morgan fingerprint density at radius 3 is 3.08 bits per heavy atom. The molecule has 0 amide bonds. The van der Waals surface area contributed by atoms with E-state index in [4.69, 9.17) is 14.1 Å². The van der Waals surface area contributed by atoms with Gasteiger partial charge in [0, 0.05) is 17.3 Å². The lowest BCUT2D eigenvalue weighted by Gasteiger charge is -2.02. The highest BCUT2D eigenvalue weighted by Gasteiger charge is 2.06. The van der Waals surface area contributed by atoms with E-state index in [9.17, 15) is 4.79 Å². The summed E-state index contributed by atoms with van der Waals surface area (Å²) in [6, 6.07) is 2.89. The van der Waals surface area contributed by atoms with Crippen molar-refractivity contribution in [3.63, 3.8) is 0 Å². The monoisotopic (exact) mass is 167 g/mol. The lowest BCUT2D eigenvalue weighted by atomic mass is 10.3. The zero-order chi connectivity index (χ0) is 11.6. The van der Waals surface area contributed by atoms with Crippen molar-refractivity contribution in [1.29, 1.82) is 5.26 Å². The van der Waals surface area contributed by atoms with Crippen molar-refractivity contribution in [3.8, 4) is 11.8 Å². The second kappa shape index (κ2) is 3.09. The van der Waals surface area contributed by atoms with Gasteiger partial charge in [-0.05, 0) is 6.07 Å². The summed E-state index contributed by atoms with van der Waals surface area (Å²) in [6.07, 6.45) is 1.08. The fourth-order valence-electron chi connectivity index (χ4n) is 0.792. The molecule has 0 atom stereocenters. The Hall–Kier alpha value is -1.76. The Kier molecular flexibility index (Phi) is 1.29. The normalized spacial score (nSPS) is 13.8. The quantitative estimate of drug-likeness (QED) is 0.603. The molecule has 1 aromatic rings. The van der Waals surface area contributed by atoms with Gasteiger partial charge >= 0.3 is 0 Å². The number of ether oxygens (including phenoxy) is 1. The fraction of sp³-hybridized carbons (Fsp3) is 0.250. The van der Waals surface area contributed by atoms with Gasteiger partial charge in [0.1, 0.15) is 11.8 Å². The van der Waals surface area contributed by atoms with E-state index in [0.29, 0.717) is 4.57 Å². The minimum absolute atomic E-state index is 0.0722. The second-order valence-corrected chi connectivity index (χ2v) is 2.05. The lowest BCUT2D eigenvalue weighted by molar-refractivity contribution is 0.411. The van der Waals surface area contributed by atoms with Gasteiger partial charge in [-0.2, -0.15) is 5.26 Å². The van der Waals surface area contributed by atoms with Gasteiger partial charge in [0.15, 0.2) is 5.56 Å². The van der Waals surface area contributed by atoms with Crippen LogP contribution in [0, 0.1) is 11.3 Å². The maximum Gasteiger partial charge on any atom is 0.272 e. The van der Waals surface area contributed by atoms with Crippen LogP contribution in [0.2, 0.25) is 0 Å². The molecular formula is C8H8N2O2. The molecule has 0 unspecified atom stereocenters. The summed E-state index contributed by atoms with van der Waals surface area (Å²) in [5, 5.41) is 8.69. The van der Waals surface area contributed by atoms with E-state index in [2.05, 4.69) is 0 Å². The fourth-order valence-corrected chi connectivity index (χ4v) is 0.792. The summed E-state index contributed by atoms with van der Waals surface area (Å²) in [5.74, 6) is 0.0722. The SMILES string of the molecule is [2H]C([2H])([2H])n1ccc(OC)c(C#N)c1=O. The average Bonchev–Trinajstić information content (AvgIpc) is 2.15. The van der Waals surface area contributed by atoms with Crippen molar-refractivity contribution in [2.45, 2.75) is 0 Å². The van der Waals surface area contributed by atoms with Crippen LogP contribution >= 0.6 is 0 Å². The molecule has 0 aliphatic heterocycles. The lowest BCUT2D eigenvalue weighted by Crippen LogP contribution is -2.19. The highest BCUT2D eigenvalue weighted by molar-refractivity contribution is 5.40. The number of hydrogen-bond acceptors (Lipinski definition) is 3. The molecule has 4 nitrogen and oxygen atoms in total.